The molecule has 0 saturated carbocycles. The fourth-order valence-corrected chi connectivity index (χ4v) is 4.36. The monoisotopic (exact) mass is 409 g/mol. The van der Waals surface area contributed by atoms with Gasteiger partial charge in [0.1, 0.15) is 0 Å². The van der Waals surface area contributed by atoms with E-state index in [0.29, 0.717) is 17.1 Å². The Morgan fingerprint density at radius 3 is 2.47 bits per heavy atom. The van der Waals surface area contributed by atoms with E-state index in [9.17, 15) is 9.59 Å². The Labute approximate surface area is 175 Å². The molecule has 158 valence electrons. The molecule has 1 aliphatic heterocycles. The van der Waals surface area contributed by atoms with Crippen LogP contribution < -0.4 is 15.2 Å². The van der Waals surface area contributed by atoms with Crippen molar-refractivity contribution >= 4 is 16.8 Å². The average Bonchev–Trinajstić information content (AvgIpc) is 3.13. The van der Waals surface area contributed by atoms with Crippen LogP contribution in [0.25, 0.3) is 11.0 Å². The van der Waals surface area contributed by atoms with Crippen molar-refractivity contribution in [2.75, 3.05) is 27.3 Å². The maximum absolute atomic E-state index is 13.1. The number of imidazole rings is 1. The summed E-state index contributed by atoms with van der Waals surface area (Å²) in [7, 11) is 3.14. The molecule has 1 aliphatic rings. The van der Waals surface area contributed by atoms with Gasteiger partial charge < -0.3 is 14.5 Å². The molecule has 1 atom stereocenters. The van der Waals surface area contributed by atoms with Crippen molar-refractivity contribution in [3.8, 4) is 11.5 Å². The molecule has 7 heteroatoms. The second-order valence-electron chi connectivity index (χ2n) is 7.69. The van der Waals surface area contributed by atoms with Crippen LogP contribution in [0.1, 0.15) is 36.2 Å². The zero-order chi connectivity index (χ0) is 21.3. The van der Waals surface area contributed by atoms with Gasteiger partial charge in [-0.3, -0.25) is 14.3 Å². The zero-order valence-electron chi connectivity index (χ0n) is 17.6. The minimum absolute atomic E-state index is 0.0543. The van der Waals surface area contributed by atoms with Gasteiger partial charge >= 0.3 is 5.69 Å². The number of ketones is 1. The van der Waals surface area contributed by atoms with Crippen LogP contribution in [-0.4, -0.2) is 53.6 Å². The summed E-state index contributed by atoms with van der Waals surface area (Å²) in [5.41, 5.74) is 2.34. The van der Waals surface area contributed by atoms with E-state index >= 15 is 0 Å². The number of piperidine rings is 1. The Hall–Kier alpha value is -3.06. The summed E-state index contributed by atoms with van der Waals surface area (Å²) < 4.78 is 12.5. The highest BCUT2D eigenvalue weighted by molar-refractivity contribution is 6.00. The van der Waals surface area contributed by atoms with E-state index in [1.165, 1.54) is 0 Å². The van der Waals surface area contributed by atoms with E-state index < -0.39 is 0 Å². The van der Waals surface area contributed by atoms with E-state index in [1.807, 2.05) is 35.8 Å². The number of carbonyl (C=O) groups excluding carboxylic acids is 1. The van der Waals surface area contributed by atoms with Gasteiger partial charge in [-0.1, -0.05) is 12.1 Å². The lowest BCUT2D eigenvalue weighted by Crippen LogP contribution is -2.45. The topological polar surface area (TPSA) is 76.6 Å². The minimum Gasteiger partial charge on any atom is -0.493 e. The molecule has 0 aliphatic carbocycles. The van der Waals surface area contributed by atoms with Gasteiger partial charge in [-0.2, -0.15) is 0 Å². The van der Waals surface area contributed by atoms with Gasteiger partial charge in [0.25, 0.3) is 0 Å². The summed E-state index contributed by atoms with van der Waals surface area (Å²) in [5, 5.41) is 0. The molecule has 2 heterocycles. The van der Waals surface area contributed by atoms with Crippen LogP contribution in [0.4, 0.5) is 0 Å². The number of nitrogens with zero attached hydrogens (tertiary/aromatic N) is 2. The van der Waals surface area contributed by atoms with E-state index in [-0.39, 0.29) is 23.6 Å². The molecular formula is C23H27N3O4. The number of likely N-dealkylation sites (tertiary alicyclic amines) is 1. The van der Waals surface area contributed by atoms with E-state index in [2.05, 4.69) is 9.88 Å². The Balaban J connectivity index is 1.46. The first-order chi connectivity index (χ1) is 14.5. The number of rotatable bonds is 6. The van der Waals surface area contributed by atoms with Gasteiger partial charge in [0, 0.05) is 24.7 Å². The van der Waals surface area contributed by atoms with Gasteiger partial charge in [-0.25, -0.2) is 4.79 Å². The lowest BCUT2D eigenvalue weighted by molar-refractivity contribution is 0.0775. The fourth-order valence-electron chi connectivity index (χ4n) is 4.36. The first-order valence-corrected chi connectivity index (χ1v) is 10.2. The molecule has 1 saturated heterocycles. The molecule has 30 heavy (non-hydrogen) atoms. The number of hydrogen-bond acceptors (Lipinski definition) is 5. The highest BCUT2D eigenvalue weighted by atomic mass is 16.5. The smallest absolute Gasteiger partial charge is 0.326 e. The molecule has 0 radical (unpaired) electrons. The quantitative estimate of drug-likeness (QED) is 0.633. The van der Waals surface area contributed by atoms with Crippen molar-refractivity contribution in [3.05, 3.63) is 58.5 Å². The molecule has 4 rings (SSSR count). The Morgan fingerprint density at radius 2 is 1.77 bits per heavy atom. The van der Waals surface area contributed by atoms with Crippen molar-refractivity contribution in [2.24, 2.45) is 0 Å². The number of aromatic nitrogens is 2. The highest BCUT2D eigenvalue weighted by Gasteiger charge is 2.29. The third-order valence-corrected chi connectivity index (χ3v) is 6.08. The molecule has 1 N–H and O–H groups in total. The van der Waals surface area contributed by atoms with Crippen LogP contribution in [0, 0.1) is 0 Å². The third kappa shape index (κ3) is 3.61. The lowest BCUT2D eigenvalue weighted by Gasteiger charge is -2.35. The molecule has 0 amide bonds. The number of carbonyl (C=O) groups is 1. The minimum atomic E-state index is -0.247. The second-order valence-corrected chi connectivity index (χ2v) is 7.69. The number of para-hydroxylation sites is 2. The summed E-state index contributed by atoms with van der Waals surface area (Å²) >= 11 is 0. The van der Waals surface area contributed by atoms with Gasteiger partial charge in [0.15, 0.2) is 17.3 Å². The number of ether oxygens (including phenoxy) is 2. The number of benzene rings is 2. The largest absolute Gasteiger partial charge is 0.493 e. The van der Waals surface area contributed by atoms with Crippen molar-refractivity contribution < 1.29 is 14.3 Å². The van der Waals surface area contributed by atoms with Gasteiger partial charge in [0.05, 0.1) is 31.3 Å². The standard InChI is InChI=1S/C23H27N3O4/c1-15(22(27)16-8-9-20(29-2)21(14-16)30-3)25-12-10-17(11-13-25)26-19-7-5-4-6-18(19)24-23(26)28/h4-9,14-15,17H,10-13H2,1-3H3,(H,24,28). The van der Waals surface area contributed by atoms with Crippen molar-refractivity contribution in [1.82, 2.24) is 14.5 Å². The van der Waals surface area contributed by atoms with Crippen molar-refractivity contribution in [3.63, 3.8) is 0 Å². The van der Waals surface area contributed by atoms with Crippen molar-refractivity contribution in [2.45, 2.75) is 31.8 Å². The maximum atomic E-state index is 13.1. The third-order valence-electron chi connectivity index (χ3n) is 6.08. The Morgan fingerprint density at radius 1 is 1.07 bits per heavy atom. The van der Waals surface area contributed by atoms with Gasteiger partial charge in [-0.15, -0.1) is 0 Å². The van der Waals surface area contributed by atoms with Crippen LogP contribution in [-0.2, 0) is 0 Å². The Bertz CT molecular complexity index is 1110. The number of aromatic amines is 1. The zero-order valence-corrected chi connectivity index (χ0v) is 17.6. The summed E-state index contributed by atoms with van der Waals surface area (Å²) in [4.78, 5) is 30.7. The van der Waals surface area contributed by atoms with Crippen LogP contribution in [0.5, 0.6) is 11.5 Å². The number of nitrogens with one attached hydrogen (secondary N) is 1. The van der Waals surface area contributed by atoms with Gasteiger partial charge in [0.2, 0.25) is 0 Å². The molecule has 0 bridgehead atoms. The number of Topliss-reactive ketones (excluding diaryl/α,β-unsaturated/α-hetero) is 1. The maximum Gasteiger partial charge on any atom is 0.326 e. The molecule has 0 spiro atoms. The second kappa shape index (κ2) is 8.36. The molecule has 3 aromatic rings. The van der Waals surface area contributed by atoms with E-state index in [0.717, 1.165) is 37.0 Å². The molecule has 1 aromatic heterocycles. The summed E-state index contributed by atoms with van der Waals surface area (Å²) in [6.07, 6.45) is 1.65. The molecule has 1 fully saturated rings. The Kier molecular flexibility index (Phi) is 5.63. The van der Waals surface area contributed by atoms with Crippen LogP contribution in [0.15, 0.2) is 47.3 Å². The predicted octanol–water partition coefficient (Wildman–Crippen LogP) is 3.26. The number of hydrogen-bond donors (Lipinski definition) is 1. The molecular weight excluding hydrogens is 382 g/mol. The van der Waals surface area contributed by atoms with E-state index in [1.54, 1.807) is 32.4 Å². The van der Waals surface area contributed by atoms with Gasteiger partial charge in [-0.05, 0) is 50.1 Å². The SMILES string of the molecule is COc1ccc(C(=O)C(C)N2CCC(n3c(=O)[nH]c4ccccc43)CC2)cc1OC. The number of methoxy groups -OCH3 is 2. The van der Waals surface area contributed by atoms with Crippen molar-refractivity contribution in [1.29, 1.82) is 0 Å². The first kappa shape index (κ1) is 20.2. The van der Waals surface area contributed by atoms with Crippen LogP contribution in [0.2, 0.25) is 0 Å². The number of fused-ring (bicyclic) bond motifs is 1. The summed E-state index contributed by atoms with van der Waals surface area (Å²) in [5.74, 6) is 1.21. The van der Waals surface area contributed by atoms with Crippen LogP contribution >= 0.6 is 0 Å². The van der Waals surface area contributed by atoms with E-state index in [4.69, 9.17) is 9.47 Å². The molecule has 1 unspecified atom stereocenters. The first-order valence-electron chi connectivity index (χ1n) is 10.2. The van der Waals surface area contributed by atoms with Crippen LogP contribution in [0.3, 0.4) is 0 Å². The molecule has 7 nitrogen and oxygen atoms in total. The number of H-pyrrole nitrogens is 1. The lowest BCUT2D eigenvalue weighted by atomic mass is 9.98. The summed E-state index contributed by atoms with van der Waals surface area (Å²) in [6, 6.07) is 12.9. The summed E-state index contributed by atoms with van der Waals surface area (Å²) in [6.45, 7) is 3.46. The average molecular weight is 409 g/mol. The molecule has 2 aromatic carbocycles. The predicted molar refractivity (Wildman–Crippen MR) is 116 cm³/mol. The highest BCUT2D eigenvalue weighted by Crippen LogP contribution is 2.30. The fraction of sp³-hybridized carbons (Fsp3) is 0.391. The normalized spacial score (nSPS) is 16.5.